The zero-order valence-corrected chi connectivity index (χ0v) is 26.7. The number of benzene rings is 3. The van der Waals surface area contributed by atoms with Gasteiger partial charge in [-0.25, -0.2) is 18.2 Å². The predicted octanol–water partition coefficient (Wildman–Crippen LogP) is 8.96. The molecule has 3 aromatic carbocycles. The van der Waals surface area contributed by atoms with E-state index in [2.05, 4.69) is 20.9 Å². The summed E-state index contributed by atoms with van der Waals surface area (Å²) in [7, 11) is 1.64. The van der Waals surface area contributed by atoms with E-state index in [1.54, 1.807) is 35.2 Å². The van der Waals surface area contributed by atoms with Crippen molar-refractivity contribution in [1.82, 2.24) is 14.9 Å². The summed E-state index contributed by atoms with van der Waals surface area (Å²) in [4.78, 5) is 30.6. The highest BCUT2D eigenvalue weighted by atomic mass is 35.5. The Labute approximate surface area is 278 Å². The van der Waals surface area contributed by atoms with Gasteiger partial charge in [-0.15, -0.1) is 11.3 Å². The number of rotatable bonds is 10. The van der Waals surface area contributed by atoms with Crippen molar-refractivity contribution in [2.45, 2.75) is 13.0 Å². The van der Waals surface area contributed by atoms with E-state index in [1.807, 2.05) is 0 Å². The van der Waals surface area contributed by atoms with Gasteiger partial charge in [-0.05, 0) is 47.3 Å². The first kappa shape index (κ1) is 32.7. The maximum Gasteiger partial charge on any atom is 0.272 e. The zero-order valence-electron chi connectivity index (χ0n) is 22.9. The van der Waals surface area contributed by atoms with Crippen LogP contribution in [0.3, 0.4) is 0 Å². The number of hydrogen-bond donors (Lipinski definition) is 3. The highest BCUT2D eigenvalue weighted by Gasteiger charge is 2.21. The van der Waals surface area contributed by atoms with Crippen LogP contribution in [0.1, 0.15) is 25.6 Å². The Morgan fingerprint density at radius 2 is 1.78 bits per heavy atom. The quantitative estimate of drug-likeness (QED) is 0.134. The Bertz CT molecular complexity index is 1940. The average Bonchev–Trinajstić information content (AvgIpc) is 3.56. The molecule has 0 spiro atoms. The molecule has 0 bridgehead atoms. The third-order valence-corrected chi connectivity index (χ3v) is 8.82. The van der Waals surface area contributed by atoms with E-state index in [1.165, 1.54) is 35.6 Å². The number of imidazole rings is 1. The molecule has 0 aliphatic carbocycles. The first-order valence-electron chi connectivity index (χ1n) is 12.9. The van der Waals surface area contributed by atoms with E-state index in [0.29, 0.717) is 26.5 Å². The molecule has 0 saturated heterocycles. The minimum absolute atomic E-state index is 0.0723. The Balaban J connectivity index is 1.45. The first-order valence-corrected chi connectivity index (χ1v) is 15.2. The number of hydrogen-bond acceptors (Lipinski definition) is 6. The molecule has 3 N–H and O–H groups in total. The molecule has 8 nitrogen and oxygen atoms in total. The van der Waals surface area contributed by atoms with Crippen LogP contribution in [0, 0.1) is 5.82 Å². The van der Waals surface area contributed by atoms with Gasteiger partial charge in [-0.3, -0.25) is 9.59 Å². The molecule has 0 saturated carbocycles. The van der Waals surface area contributed by atoms with Crippen molar-refractivity contribution in [1.29, 1.82) is 0 Å². The number of carbonyl (C=O) groups is 2. The molecule has 0 unspecified atom stereocenters. The molecule has 0 fully saturated rings. The van der Waals surface area contributed by atoms with E-state index >= 15 is 0 Å². The van der Waals surface area contributed by atoms with E-state index in [0.717, 1.165) is 6.07 Å². The number of carbonyl (C=O) groups excluding carboxylic acids is 2. The Hall–Kier alpha value is -3.68. The minimum atomic E-state index is -2.81. The highest BCUT2D eigenvalue weighted by Crippen LogP contribution is 2.37. The van der Waals surface area contributed by atoms with Crippen molar-refractivity contribution >= 4 is 97.9 Å². The van der Waals surface area contributed by atoms with Crippen molar-refractivity contribution in [3.05, 3.63) is 95.8 Å². The van der Waals surface area contributed by atoms with Crippen LogP contribution in [0.15, 0.2) is 53.9 Å². The second-order valence-electron chi connectivity index (χ2n) is 9.42. The number of aromatic nitrogens is 2. The van der Waals surface area contributed by atoms with Crippen LogP contribution in [-0.2, 0) is 13.6 Å². The molecule has 45 heavy (non-hydrogen) atoms. The van der Waals surface area contributed by atoms with Crippen LogP contribution in [0.25, 0.3) is 11.0 Å². The summed E-state index contributed by atoms with van der Waals surface area (Å²) in [5.41, 5.74) is 1.63. The van der Waals surface area contributed by atoms with Crippen LogP contribution in [0.2, 0.25) is 20.1 Å². The number of alkyl halides is 2. The lowest BCUT2D eigenvalue weighted by Gasteiger charge is -2.14. The average molecular weight is 717 g/mol. The molecule has 2 aromatic heterocycles. The van der Waals surface area contributed by atoms with Gasteiger partial charge in [0.2, 0.25) is 5.95 Å². The molecule has 2 amide bonds. The lowest BCUT2D eigenvalue weighted by atomic mass is 10.1. The fraction of sp³-hybridized carbons (Fsp3) is 0.138. The maximum absolute atomic E-state index is 13.6. The van der Waals surface area contributed by atoms with Crippen LogP contribution < -0.4 is 20.7 Å². The van der Waals surface area contributed by atoms with Crippen LogP contribution in [0.5, 0.6) is 5.75 Å². The predicted molar refractivity (Wildman–Crippen MR) is 172 cm³/mol. The van der Waals surface area contributed by atoms with Gasteiger partial charge < -0.3 is 25.3 Å². The van der Waals surface area contributed by atoms with Crippen molar-refractivity contribution in [3.8, 4) is 5.75 Å². The fourth-order valence-electron chi connectivity index (χ4n) is 4.22. The summed E-state index contributed by atoms with van der Waals surface area (Å²) in [6.45, 7) is -0.896. The lowest BCUT2D eigenvalue weighted by molar-refractivity contribution is 0.0804. The smallest absolute Gasteiger partial charge is 0.272 e. The SMILES string of the molecule is Cn1c(Nc2c(Cl)ccc(CNC(=O)c3sccc3Cl)c2Cl)nc2cc(C(=O)Nc3ccc(F)c(Cl)c3)c(OCC(F)F)cc21. The zero-order chi connectivity index (χ0) is 32.4. The van der Waals surface area contributed by atoms with Gasteiger partial charge in [0.1, 0.15) is 23.1 Å². The summed E-state index contributed by atoms with van der Waals surface area (Å²) < 4.78 is 46.6. The number of ether oxygens (including phenoxy) is 1. The van der Waals surface area contributed by atoms with Gasteiger partial charge >= 0.3 is 0 Å². The highest BCUT2D eigenvalue weighted by molar-refractivity contribution is 7.12. The monoisotopic (exact) mass is 715 g/mol. The molecule has 0 aliphatic heterocycles. The number of thiophene rings is 1. The van der Waals surface area contributed by atoms with Gasteiger partial charge in [-0.1, -0.05) is 52.5 Å². The fourth-order valence-corrected chi connectivity index (χ4v) is 5.99. The molecule has 0 aliphatic rings. The van der Waals surface area contributed by atoms with E-state index in [9.17, 15) is 22.8 Å². The van der Waals surface area contributed by atoms with Crippen LogP contribution in [0.4, 0.5) is 30.5 Å². The van der Waals surface area contributed by atoms with Crippen molar-refractivity contribution < 1.29 is 27.5 Å². The van der Waals surface area contributed by atoms with Crippen molar-refractivity contribution in [2.75, 3.05) is 17.2 Å². The second kappa shape index (κ2) is 13.8. The third-order valence-electron chi connectivity index (χ3n) is 6.44. The van der Waals surface area contributed by atoms with E-state index in [-0.39, 0.29) is 56.2 Å². The molecule has 234 valence electrons. The molecule has 2 heterocycles. The molecule has 0 radical (unpaired) electrons. The largest absolute Gasteiger partial charge is 0.487 e. The van der Waals surface area contributed by atoms with Crippen LogP contribution in [-0.4, -0.2) is 34.4 Å². The van der Waals surface area contributed by atoms with Gasteiger partial charge in [0.25, 0.3) is 18.2 Å². The summed E-state index contributed by atoms with van der Waals surface area (Å²) in [5, 5.41) is 10.7. The molecule has 5 aromatic rings. The number of nitrogens with one attached hydrogen (secondary N) is 3. The molecule has 0 atom stereocenters. The Morgan fingerprint density at radius 3 is 2.47 bits per heavy atom. The first-order chi connectivity index (χ1) is 21.4. The number of nitrogens with zero attached hydrogens (tertiary/aromatic N) is 2. The summed E-state index contributed by atoms with van der Waals surface area (Å²) in [5.74, 6) is -1.66. The summed E-state index contributed by atoms with van der Waals surface area (Å²) in [6.07, 6.45) is -2.81. The van der Waals surface area contributed by atoms with Gasteiger partial charge in [-0.2, -0.15) is 0 Å². The normalized spacial score (nSPS) is 11.2. The van der Waals surface area contributed by atoms with E-state index in [4.69, 9.17) is 51.1 Å². The number of halogens is 7. The maximum atomic E-state index is 13.6. The molecule has 5 rings (SSSR count). The van der Waals surface area contributed by atoms with Gasteiger partial charge in [0, 0.05) is 25.3 Å². The number of aryl methyl sites for hydroxylation is 1. The van der Waals surface area contributed by atoms with Crippen LogP contribution >= 0.6 is 57.7 Å². The third kappa shape index (κ3) is 7.26. The van der Waals surface area contributed by atoms with Crippen molar-refractivity contribution in [2.24, 2.45) is 7.05 Å². The van der Waals surface area contributed by atoms with Gasteiger partial charge in [0.15, 0.2) is 0 Å². The van der Waals surface area contributed by atoms with E-state index < -0.39 is 24.8 Å². The topological polar surface area (TPSA) is 97.3 Å². The molecular formula is C29H20Cl4F3N5O3S. The number of amides is 2. The van der Waals surface area contributed by atoms with Gasteiger partial charge in [0.05, 0.1) is 42.4 Å². The minimum Gasteiger partial charge on any atom is -0.487 e. The standard InChI is InChI=1S/C29H20Cl4F3N5O3S/c1-41-21-10-22(44-12-23(35)36)15(27(42)38-14-3-5-19(34)18(32)8-14)9-20(21)39-29(41)40-25-16(30)4-2-13(24(25)33)11-37-28(43)26-17(31)6-7-45-26/h2-10,23H,11-12H2,1H3,(H,37,43)(H,38,42)(H,39,40). The Kier molecular flexibility index (Phi) is 10.00. The molecule has 16 heteroatoms. The second-order valence-corrected chi connectivity index (χ2v) is 11.9. The molecular weight excluding hydrogens is 697 g/mol. The number of anilines is 3. The summed E-state index contributed by atoms with van der Waals surface area (Å²) >= 11 is 26.2. The summed E-state index contributed by atoms with van der Waals surface area (Å²) in [6, 6.07) is 11.2. The van der Waals surface area contributed by atoms with Crippen molar-refractivity contribution in [3.63, 3.8) is 0 Å². The number of fused-ring (bicyclic) bond motifs is 1. The lowest BCUT2D eigenvalue weighted by Crippen LogP contribution is -2.22. The Morgan fingerprint density at radius 1 is 1.00 bits per heavy atom.